The van der Waals surface area contributed by atoms with Crippen LogP contribution in [0.1, 0.15) is 18.5 Å². The van der Waals surface area contributed by atoms with Gasteiger partial charge in [0.25, 0.3) is 0 Å². The van der Waals surface area contributed by atoms with Gasteiger partial charge in [-0.3, -0.25) is 0 Å². The maximum atomic E-state index is 13.4. The fourth-order valence-corrected chi connectivity index (χ4v) is 1.44. The van der Waals surface area contributed by atoms with E-state index < -0.39 is 0 Å². The molecule has 0 spiro atoms. The molecule has 0 radical (unpaired) electrons. The van der Waals surface area contributed by atoms with E-state index in [0.29, 0.717) is 0 Å². The van der Waals surface area contributed by atoms with Crippen molar-refractivity contribution in [3.8, 4) is 0 Å². The van der Waals surface area contributed by atoms with Gasteiger partial charge in [0, 0.05) is 24.7 Å². The molecular weight excluding hydrogens is 191 g/mol. The Bertz CT molecular complexity index is 299. The lowest BCUT2D eigenvalue weighted by atomic mass is 10.1. The van der Waals surface area contributed by atoms with Crippen molar-refractivity contribution in [2.24, 2.45) is 0 Å². The molecule has 1 aromatic carbocycles. The van der Waals surface area contributed by atoms with E-state index >= 15 is 0 Å². The third-order valence-electron chi connectivity index (χ3n) is 2.38. The minimum absolute atomic E-state index is 0.0613. The second-order valence-corrected chi connectivity index (χ2v) is 4.00. The first-order valence-corrected chi connectivity index (χ1v) is 5.24. The highest BCUT2D eigenvalue weighted by molar-refractivity contribution is 5.20. The monoisotopic (exact) mass is 210 g/mol. The first-order chi connectivity index (χ1) is 7.11. The average Bonchev–Trinajstić information content (AvgIpc) is 2.17. The molecule has 2 nitrogen and oxygen atoms in total. The number of halogens is 1. The summed E-state index contributed by atoms with van der Waals surface area (Å²) in [6, 6.07) is 6.96. The third-order valence-corrected chi connectivity index (χ3v) is 2.38. The number of nitrogens with one attached hydrogen (secondary N) is 1. The summed E-state index contributed by atoms with van der Waals surface area (Å²) in [4.78, 5) is 2.10. The highest BCUT2D eigenvalue weighted by atomic mass is 19.1. The number of hydrogen-bond acceptors (Lipinski definition) is 2. The molecule has 0 unspecified atom stereocenters. The molecule has 84 valence electrons. The van der Waals surface area contributed by atoms with Crippen LogP contribution < -0.4 is 5.32 Å². The zero-order valence-electron chi connectivity index (χ0n) is 9.63. The van der Waals surface area contributed by atoms with Crippen molar-refractivity contribution in [3.05, 3.63) is 35.6 Å². The molecule has 0 aliphatic carbocycles. The van der Waals surface area contributed by atoms with Crippen LogP contribution in [-0.4, -0.2) is 32.1 Å². The van der Waals surface area contributed by atoms with Crippen LogP contribution in [0.25, 0.3) is 0 Å². The van der Waals surface area contributed by atoms with Gasteiger partial charge in [0.1, 0.15) is 5.82 Å². The number of nitrogens with zero attached hydrogens (tertiary/aromatic N) is 1. The fraction of sp³-hybridized carbons (Fsp3) is 0.500. The van der Waals surface area contributed by atoms with Crippen molar-refractivity contribution < 1.29 is 4.39 Å². The summed E-state index contributed by atoms with van der Waals surface area (Å²) < 4.78 is 13.4. The maximum absolute atomic E-state index is 13.4. The molecule has 0 aromatic heterocycles. The minimum atomic E-state index is -0.137. The van der Waals surface area contributed by atoms with Crippen LogP contribution in [0.5, 0.6) is 0 Å². The Morgan fingerprint density at radius 2 is 2.00 bits per heavy atom. The Balaban J connectivity index is 2.47. The van der Waals surface area contributed by atoms with E-state index in [2.05, 4.69) is 10.2 Å². The third kappa shape index (κ3) is 3.98. The summed E-state index contributed by atoms with van der Waals surface area (Å²) in [7, 11) is 4.05. The van der Waals surface area contributed by atoms with Crippen LogP contribution in [-0.2, 0) is 0 Å². The van der Waals surface area contributed by atoms with Gasteiger partial charge in [-0.2, -0.15) is 0 Å². The summed E-state index contributed by atoms with van der Waals surface area (Å²) in [5, 5.41) is 3.29. The number of benzene rings is 1. The van der Waals surface area contributed by atoms with Crippen LogP contribution in [0.2, 0.25) is 0 Å². The van der Waals surface area contributed by atoms with Crippen LogP contribution in [0.3, 0.4) is 0 Å². The standard InChI is InChI=1S/C12H19FN2/c1-10(14-8-9-15(2)3)11-6-4-5-7-12(11)13/h4-7,10,14H,8-9H2,1-3H3/t10-/m1/s1. The molecule has 0 aliphatic rings. The molecule has 0 fully saturated rings. The summed E-state index contributed by atoms with van der Waals surface area (Å²) >= 11 is 0. The Morgan fingerprint density at radius 3 is 2.60 bits per heavy atom. The summed E-state index contributed by atoms with van der Waals surface area (Å²) in [5.74, 6) is -0.137. The Morgan fingerprint density at radius 1 is 1.33 bits per heavy atom. The largest absolute Gasteiger partial charge is 0.309 e. The zero-order valence-corrected chi connectivity index (χ0v) is 9.63. The smallest absolute Gasteiger partial charge is 0.127 e. The van der Waals surface area contributed by atoms with Crippen molar-refractivity contribution in [3.63, 3.8) is 0 Å². The maximum Gasteiger partial charge on any atom is 0.127 e. The molecule has 1 rings (SSSR count). The van der Waals surface area contributed by atoms with Gasteiger partial charge in [-0.05, 0) is 27.1 Å². The fourth-order valence-electron chi connectivity index (χ4n) is 1.44. The van der Waals surface area contributed by atoms with Gasteiger partial charge in [-0.1, -0.05) is 18.2 Å². The predicted octanol–water partition coefficient (Wildman–Crippen LogP) is 2.04. The Kier molecular flexibility index (Phi) is 4.72. The van der Waals surface area contributed by atoms with E-state index in [4.69, 9.17) is 0 Å². The first kappa shape index (κ1) is 12.1. The van der Waals surface area contributed by atoms with Gasteiger partial charge in [-0.25, -0.2) is 4.39 Å². The van der Waals surface area contributed by atoms with Gasteiger partial charge < -0.3 is 10.2 Å². The molecule has 1 N–H and O–H groups in total. The highest BCUT2D eigenvalue weighted by Crippen LogP contribution is 2.15. The highest BCUT2D eigenvalue weighted by Gasteiger charge is 2.08. The summed E-state index contributed by atoms with van der Waals surface area (Å²) in [5.41, 5.74) is 0.733. The Labute approximate surface area is 91.1 Å². The van der Waals surface area contributed by atoms with E-state index in [0.717, 1.165) is 18.7 Å². The average molecular weight is 210 g/mol. The van der Waals surface area contributed by atoms with Crippen LogP contribution in [0.4, 0.5) is 4.39 Å². The van der Waals surface area contributed by atoms with Crippen molar-refractivity contribution in [1.29, 1.82) is 0 Å². The molecule has 15 heavy (non-hydrogen) atoms. The topological polar surface area (TPSA) is 15.3 Å². The first-order valence-electron chi connectivity index (χ1n) is 5.24. The van der Waals surface area contributed by atoms with E-state index in [1.54, 1.807) is 6.07 Å². The predicted molar refractivity (Wildman–Crippen MR) is 61.4 cm³/mol. The molecular formula is C12H19FN2. The number of likely N-dealkylation sites (N-methyl/N-ethyl adjacent to an activating group) is 1. The molecule has 0 amide bonds. The Hall–Kier alpha value is -0.930. The van der Waals surface area contributed by atoms with Gasteiger partial charge in [0.2, 0.25) is 0 Å². The minimum Gasteiger partial charge on any atom is -0.309 e. The molecule has 0 saturated heterocycles. The molecule has 1 atom stereocenters. The molecule has 0 heterocycles. The lowest BCUT2D eigenvalue weighted by molar-refractivity contribution is 0.387. The van der Waals surface area contributed by atoms with Crippen LogP contribution in [0.15, 0.2) is 24.3 Å². The number of rotatable bonds is 5. The van der Waals surface area contributed by atoms with E-state index in [1.165, 1.54) is 6.07 Å². The molecule has 0 bridgehead atoms. The SMILES string of the molecule is C[C@@H](NCCN(C)C)c1ccccc1F. The van der Waals surface area contributed by atoms with E-state index in [9.17, 15) is 4.39 Å². The normalized spacial score (nSPS) is 13.1. The lowest BCUT2D eigenvalue weighted by Gasteiger charge is -2.16. The second-order valence-electron chi connectivity index (χ2n) is 4.00. The van der Waals surface area contributed by atoms with Crippen molar-refractivity contribution >= 4 is 0 Å². The van der Waals surface area contributed by atoms with Crippen molar-refractivity contribution in [1.82, 2.24) is 10.2 Å². The van der Waals surface area contributed by atoms with Gasteiger partial charge in [0.15, 0.2) is 0 Å². The number of hydrogen-bond donors (Lipinski definition) is 1. The van der Waals surface area contributed by atoms with E-state index in [-0.39, 0.29) is 11.9 Å². The van der Waals surface area contributed by atoms with Gasteiger partial charge >= 0.3 is 0 Å². The summed E-state index contributed by atoms with van der Waals surface area (Å²) in [6.07, 6.45) is 0. The van der Waals surface area contributed by atoms with Gasteiger partial charge in [-0.15, -0.1) is 0 Å². The van der Waals surface area contributed by atoms with Crippen LogP contribution >= 0.6 is 0 Å². The van der Waals surface area contributed by atoms with Gasteiger partial charge in [0.05, 0.1) is 0 Å². The molecule has 0 saturated carbocycles. The van der Waals surface area contributed by atoms with Crippen molar-refractivity contribution in [2.45, 2.75) is 13.0 Å². The lowest BCUT2D eigenvalue weighted by Crippen LogP contribution is -2.28. The quantitative estimate of drug-likeness (QED) is 0.800. The molecule has 3 heteroatoms. The second kappa shape index (κ2) is 5.83. The van der Waals surface area contributed by atoms with Crippen molar-refractivity contribution in [2.75, 3.05) is 27.2 Å². The molecule has 1 aromatic rings. The van der Waals surface area contributed by atoms with E-state index in [1.807, 2.05) is 33.2 Å². The zero-order chi connectivity index (χ0) is 11.3. The molecule has 0 aliphatic heterocycles. The summed E-state index contributed by atoms with van der Waals surface area (Å²) in [6.45, 7) is 3.80. The van der Waals surface area contributed by atoms with Crippen LogP contribution in [0, 0.1) is 5.82 Å².